The van der Waals surface area contributed by atoms with E-state index >= 15 is 0 Å². The first kappa shape index (κ1) is 14.3. The molecule has 0 saturated carbocycles. The normalized spacial score (nSPS) is 10.3. The quantitative estimate of drug-likeness (QED) is 0.856. The molecule has 0 fully saturated rings. The number of carbonyl (C=O) groups is 1. The van der Waals surface area contributed by atoms with Crippen LogP contribution < -0.4 is 10.1 Å². The lowest BCUT2D eigenvalue weighted by atomic mass is 10.2. The van der Waals surface area contributed by atoms with Crippen molar-refractivity contribution >= 4 is 22.4 Å². The Balaban J connectivity index is 1.97. The molecule has 1 heterocycles. The van der Waals surface area contributed by atoms with E-state index in [9.17, 15) is 4.79 Å². The van der Waals surface area contributed by atoms with Gasteiger partial charge in [-0.15, -0.1) is 11.3 Å². The van der Waals surface area contributed by atoms with Crippen molar-refractivity contribution in [1.29, 1.82) is 0 Å². The standard InChI is InChI=1S/C14H16N2O3S/c1-9-12(7-13(17)18)20-14(16-9)15-8-10-3-5-11(19-2)6-4-10/h3-6H,7-8H2,1-2H3,(H,15,16)(H,17,18). The molecule has 0 radical (unpaired) electrons. The van der Waals surface area contributed by atoms with Crippen molar-refractivity contribution in [3.05, 3.63) is 40.4 Å². The lowest BCUT2D eigenvalue weighted by Gasteiger charge is -2.04. The maximum atomic E-state index is 10.7. The summed E-state index contributed by atoms with van der Waals surface area (Å²) >= 11 is 1.39. The summed E-state index contributed by atoms with van der Waals surface area (Å²) in [6.45, 7) is 2.47. The third-order valence-corrected chi connectivity index (χ3v) is 3.92. The fourth-order valence-electron chi connectivity index (χ4n) is 1.73. The summed E-state index contributed by atoms with van der Waals surface area (Å²) in [5.41, 5.74) is 1.88. The van der Waals surface area contributed by atoms with Gasteiger partial charge in [0.1, 0.15) is 5.75 Å². The Labute approximate surface area is 121 Å². The summed E-state index contributed by atoms with van der Waals surface area (Å²) in [6, 6.07) is 7.76. The van der Waals surface area contributed by atoms with E-state index < -0.39 is 5.97 Å². The highest BCUT2D eigenvalue weighted by Gasteiger charge is 2.10. The number of aliphatic carboxylic acids is 1. The van der Waals surface area contributed by atoms with E-state index in [-0.39, 0.29) is 6.42 Å². The van der Waals surface area contributed by atoms with Gasteiger partial charge in [-0.2, -0.15) is 0 Å². The minimum Gasteiger partial charge on any atom is -0.497 e. The third kappa shape index (κ3) is 3.71. The van der Waals surface area contributed by atoms with E-state index in [1.807, 2.05) is 31.2 Å². The van der Waals surface area contributed by atoms with Crippen LogP contribution in [-0.4, -0.2) is 23.2 Å². The Morgan fingerprint density at radius 1 is 1.40 bits per heavy atom. The fraction of sp³-hybridized carbons (Fsp3) is 0.286. The molecule has 0 unspecified atom stereocenters. The average Bonchev–Trinajstić information content (AvgIpc) is 2.77. The van der Waals surface area contributed by atoms with Gasteiger partial charge in [-0.05, 0) is 24.6 Å². The van der Waals surface area contributed by atoms with Gasteiger partial charge in [0.25, 0.3) is 0 Å². The molecule has 0 aliphatic carbocycles. The molecule has 2 aromatic rings. The zero-order valence-electron chi connectivity index (χ0n) is 11.3. The average molecular weight is 292 g/mol. The predicted octanol–water partition coefficient (Wildman–Crippen LogP) is 2.70. The number of rotatable bonds is 6. The number of carboxylic acid groups (broad SMARTS) is 1. The molecule has 1 aromatic heterocycles. The van der Waals surface area contributed by atoms with Crippen LogP contribution in [-0.2, 0) is 17.8 Å². The van der Waals surface area contributed by atoms with Gasteiger partial charge >= 0.3 is 5.97 Å². The molecular formula is C14H16N2O3S. The highest BCUT2D eigenvalue weighted by molar-refractivity contribution is 7.15. The Hall–Kier alpha value is -2.08. The molecular weight excluding hydrogens is 276 g/mol. The monoisotopic (exact) mass is 292 g/mol. The first-order chi connectivity index (χ1) is 9.58. The van der Waals surface area contributed by atoms with Crippen LogP contribution in [0.25, 0.3) is 0 Å². The lowest BCUT2D eigenvalue weighted by Crippen LogP contribution is -1.99. The van der Waals surface area contributed by atoms with Crippen molar-refractivity contribution < 1.29 is 14.6 Å². The molecule has 0 aliphatic rings. The van der Waals surface area contributed by atoms with E-state index in [1.54, 1.807) is 7.11 Å². The van der Waals surface area contributed by atoms with E-state index in [2.05, 4.69) is 10.3 Å². The minimum absolute atomic E-state index is 0.0215. The first-order valence-corrected chi connectivity index (χ1v) is 6.95. The number of thiazole rings is 1. The summed E-state index contributed by atoms with van der Waals surface area (Å²) in [7, 11) is 1.63. The molecule has 0 amide bonds. The molecule has 1 aromatic carbocycles. The lowest BCUT2D eigenvalue weighted by molar-refractivity contribution is -0.136. The number of carboxylic acids is 1. The summed E-state index contributed by atoms with van der Waals surface area (Å²) in [6.07, 6.45) is 0.0215. The Morgan fingerprint density at radius 2 is 2.10 bits per heavy atom. The number of anilines is 1. The van der Waals surface area contributed by atoms with Gasteiger partial charge in [0.2, 0.25) is 0 Å². The summed E-state index contributed by atoms with van der Waals surface area (Å²) in [5, 5.41) is 12.8. The van der Waals surface area contributed by atoms with Gasteiger partial charge in [0.05, 0.1) is 19.2 Å². The molecule has 0 bridgehead atoms. The van der Waals surface area contributed by atoms with Crippen molar-refractivity contribution in [2.75, 3.05) is 12.4 Å². The van der Waals surface area contributed by atoms with Gasteiger partial charge in [-0.25, -0.2) is 4.98 Å². The molecule has 0 atom stereocenters. The largest absolute Gasteiger partial charge is 0.497 e. The van der Waals surface area contributed by atoms with Gasteiger partial charge in [-0.3, -0.25) is 4.79 Å². The predicted molar refractivity (Wildman–Crippen MR) is 78.5 cm³/mol. The fourth-order valence-corrected chi connectivity index (χ4v) is 2.68. The number of nitrogens with one attached hydrogen (secondary N) is 1. The van der Waals surface area contributed by atoms with Crippen molar-refractivity contribution in [3.8, 4) is 5.75 Å². The molecule has 0 saturated heterocycles. The van der Waals surface area contributed by atoms with Gasteiger partial charge in [0, 0.05) is 11.4 Å². The van der Waals surface area contributed by atoms with Crippen molar-refractivity contribution in [2.45, 2.75) is 19.9 Å². The zero-order chi connectivity index (χ0) is 14.5. The number of hydrogen-bond donors (Lipinski definition) is 2. The van der Waals surface area contributed by atoms with Crippen molar-refractivity contribution in [1.82, 2.24) is 4.98 Å². The molecule has 0 aliphatic heterocycles. The SMILES string of the molecule is COc1ccc(CNc2nc(C)c(CC(=O)O)s2)cc1. The number of benzene rings is 1. The number of hydrogen-bond acceptors (Lipinski definition) is 5. The van der Waals surface area contributed by atoms with Crippen LogP contribution in [0.15, 0.2) is 24.3 Å². The molecule has 20 heavy (non-hydrogen) atoms. The van der Waals surface area contributed by atoms with E-state index in [0.717, 1.165) is 27.0 Å². The number of methoxy groups -OCH3 is 1. The molecule has 6 heteroatoms. The highest BCUT2D eigenvalue weighted by Crippen LogP contribution is 2.23. The van der Waals surface area contributed by atoms with Gasteiger partial charge < -0.3 is 15.2 Å². The first-order valence-electron chi connectivity index (χ1n) is 6.13. The second-order valence-electron chi connectivity index (χ2n) is 4.30. The summed E-state index contributed by atoms with van der Waals surface area (Å²) in [4.78, 5) is 15.8. The van der Waals surface area contributed by atoms with E-state index in [4.69, 9.17) is 9.84 Å². The molecule has 0 spiro atoms. The van der Waals surface area contributed by atoms with Crippen LogP contribution >= 0.6 is 11.3 Å². The summed E-state index contributed by atoms with van der Waals surface area (Å²) in [5.74, 6) is -0.0129. The Bertz CT molecular complexity index is 593. The van der Waals surface area contributed by atoms with Gasteiger partial charge in [-0.1, -0.05) is 12.1 Å². The second-order valence-corrected chi connectivity index (χ2v) is 5.38. The van der Waals surface area contributed by atoms with Gasteiger partial charge in [0.15, 0.2) is 5.13 Å². The zero-order valence-corrected chi connectivity index (χ0v) is 12.2. The number of aromatic nitrogens is 1. The molecule has 2 N–H and O–H groups in total. The van der Waals surface area contributed by atoms with Crippen LogP contribution in [0.2, 0.25) is 0 Å². The minimum atomic E-state index is -0.835. The number of aryl methyl sites for hydroxylation is 1. The maximum absolute atomic E-state index is 10.7. The Kier molecular flexibility index (Phi) is 4.57. The molecule has 2 rings (SSSR count). The van der Waals surface area contributed by atoms with Crippen LogP contribution in [0.3, 0.4) is 0 Å². The summed E-state index contributed by atoms with van der Waals surface area (Å²) < 4.78 is 5.10. The third-order valence-electron chi connectivity index (χ3n) is 2.81. The van der Waals surface area contributed by atoms with Crippen molar-refractivity contribution in [3.63, 3.8) is 0 Å². The number of ether oxygens (including phenoxy) is 1. The Morgan fingerprint density at radius 3 is 2.70 bits per heavy atom. The van der Waals surface area contributed by atoms with Crippen LogP contribution in [0.1, 0.15) is 16.1 Å². The topological polar surface area (TPSA) is 71.5 Å². The van der Waals surface area contributed by atoms with Crippen LogP contribution in [0.5, 0.6) is 5.75 Å². The molecule has 106 valence electrons. The van der Waals surface area contributed by atoms with Crippen LogP contribution in [0, 0.1) is 6.92 Å². The second kappa shape index (κ2) is 6.38. The molecule has 5 nitrogen and oxygen atoms in total. The van der Waals surface area contributed by atoms with E-state index in [1.165, 1.54) is 11.3 Å². The van der Waals surface area contributed by atoms with Crippen LogP contribution in [0.4, 0.5) is 5.13 Å². The highest BCUT2D eigenvalue weighted by atomic mass is 32.1. The smallest absolute Gasteiger partial charge is 0.308 e. The van der Waals surface area contributed by atoms with E-state index in [0.29, 0.717) is 6.54 Å². The number of nitrogens with zero attached hydrogens (tertiary/aromatic N) is 1. The maximum Gasteiger partial charge on any atom is 0.308 e. The van der Waals surface area contributed by atoms with Crippen molar-refractivity contribution in [2.24, 2.45) is 0 Å².